The van der Waals surface area contributed by atoms with Crippen molar-refractivity contribution in [1.82, 2.24) is 0 Å². The molecule has 0 amide bonds. The maximum Gasteiger partial charge on any atom is 0.186 e. The summed E-state index contributed by atoms with van der Waals surface area (Å²) >= 11 is 0. The summed E-state index contributed by atoms with van der Waals surface area (Å²) in [7, 11) is 1.40. The van der Waals surface area contributed by atoms with Crippen LogP contribution in [0.25, 0.3) is 0 Å². The molecule has 0 aliphatic heterocycles. The fraction of sp³-hybridized carbons (Fsp3) is 0.455. The molecule has 0 fully saturated rings. The number of hydrogen-bond acceptors (Lipinski definition) is 8. The van der Waals surface area contributed by atoms with E-state index in [4.69, 9.17) is 23.7 Å². The van der Waals surface area contributed by atoms with Gasteiger partial charge in [-0.3, -0.25) is 0 Å². The Kier molecular flexibility index (Phi) is 10.4. The Hall–Kier alpha value is -1.88. The molecule has 0 aliphatic rings. The monoisotopic (exact) mass is 422 g/mol. The molecule has 2 aromatic carbocycles. The van der Waals surface area contributed by atoms with Gasteiger partial charge in [-0.05, 0) is 13.8 Å². The van der Waals surface area contributed by atoms with Gasteiger partial charge >= 0.3 is 0 Å². The average molecular weight is 422 g/mol. The third-order valence-corrected chi connectivity index (χ3v) is 4.31. The van der Waals surface area contributed by atoms with Crippen LogP contribution in [0.1, 0.15) is 61.3 Å². The summed E-state index contributed by atoms with van der Waals surface area (Å²) in [5, 5.41) is 29.7. The Morgan fingerprint density at radius 2 is 1.03 bits per heavy atom. The van der Waals surface area contributed by atoms with Gasteiger partial charge in [0.25, 0.3) is 0 Å². The summed E-state index contributed by atoms with van der Waals surface area (Å²) in [6.07, 6.45) is -3.90. The van der Waals surface area contributed by atoms with Gasteiger partial charge < -0.3 is 39.0 Å². The summed E-state index contributed by atoms with van der Waals surface area (Å²) < 4.78 is 26.6. The fourth-order valence-corrected chi connectivity index (χ4v) is 2.69. The molecule has 0 aliphatic carbocycles. The van der Waals surface area contributed by atoms with E-state index in [9.17, 15) is 15.3 Å². The predicted molar refractivity (Wildman–Crippen MR) is 108 cm³/mol. The summed E-state index contributed by atoms with van der Waals surface area (Å²) in [5.74, 6) is 0. The summed E-state index contributed by atoms with van der Waals surface area (Å²) in [6.45, 7) is 4.26. The SMILES string of the molecule is CCOC(O)c1ccc(C(OCC)OCOC(O)c2ccc(C(O)OC)cc2)cc1. The van der Waals surface area contributed by atoms with Crippen molar-refractivity contribution in [1.29, 1.82) is 0 Å². The second-order valence-corrected chi connectivity index (χ2v) is 6.32. The highest BCUT2D eigenvalue weighted by atomic mass is 16.8. The second-order valence-electron chi connectivity index (χ2n) is 6.32. The Balaban J connectivity index is 1.91. The molecule has 0 saturated heterocycles. The number of aliphatic hydroxyl groups is 3. The Morgan fingerprint density at radius 1 is 0.600 bits per heavy atom. The largest absolute Gasteiger partial charge is 0.364 e. The lowest BCUT2D eigenvalue weighted by Gasteiger charge is -2.20. The lowest BCUT2D eigenvalue weighted by molar-refractivity contribution is -0.239. The van der Waals surface area contributed by atoms with Crippen molar-refractivity contribution in [2.45, 2.75) is 39.0 Å². The molecular formula is C22H30O8. The van der Waals surface area contributed by atoms with Crippen LogP contribution in [-0.4, -0.2) is 42.4 Å². The Morgan fingerprint density at radius 3 is 1.50 bits per heavy atom. The number of benzene rings is 2. The Bertz CT molecular complexity index is 719. The number of ether oxygens (including phenoxy) is 5. The smallest absolute Gasteiger partial charge is 0.186 e. The molecule has 166 valence electrons. The molecule has 4 atom stereocenters. The van der Waals surface area contributed by atoms with Crippen molar-refractivity contribution in [2.24, 2.45) is 0 Å². The van der Waals surface area contributed by atoms with Gasteiger partial charge in [0.2, 0.25) is 0 Å². The minimum absolute atomic E-state index is 0.211. The van der Waals surface area contributed by atoms with E-state index in [1.54, 1.807) is 48.5 Å². The van der Waals surface area contributed by atoms with Crippen LogP contribution in [0, 0.1) is 0 Å². The van der Waals surface area contributed by atoms with E-state index < -0.39 is 25.2 Å². The van der Waals surface area contributed by atoms with Crippen molar-refractivity contribution in [2.75, 3.05) is 27.1 Å². The van der Waals surface area contributed by atoms with Crippen LogP contribution in [0.3, 0.4) is 0 Å². The van der Waals surface area contributed by atoms with E-state index in [2.05, 4.69) is 0 Å². The zero-order valence-corrected chi connectivity index (χ0v) is 17.4. The van der Waals surface area contributed by atoms with Gasteiger partial charge in [-0.25, -0.2) is 0 Å². The maximum absolute atomic E-state index is 10.2. The van der Waals surface area contributed by atoms with Gasteiger partial charge in [0.05, 0.1) is 0 Å². The summed E-state index contributed by atoms with van der Waals surface area (Å²) in [4.78, 5) is 0. The molecule has 8 nitrogen and oxygen atoms in total. The molecule has 30 heavy (non-hydrogen) atoms. The lowest BCUT2D eigenvalue weighted by Crippen LogP contribution is -2.14. The molecule has 0 bridgehead atoms. The molecule has 0 saturated carbocycles. The number of hydrogen-bond donors (Lipinski definition) is 3. The minimum atomic E-state index is -1.20. The summed E-state index contributed by atoms with van der Waals surface area (Å²) in [5.41, 5.74) is 2.44. The van der Waals surface area contributed by atoms with Crippen LogP contribution in [0.5, 0.6) is 0 Å². The molecule has 2 aromatic rings. The van der Waals surface area contributed by atoms with Crippen molar-refractivity contribution < 1.29 is 39.0 Å². The lowest BCUT2D eigenvalue weighted by atomic mass is 10.1. The van der Waals surface area contributed by atoms with Crippen LogP contribution in [-0.2, 0) is 23.7 Å². The van der Waals surface area contributed by atoms with Crippen LogP contribution in [0.4, 0.5) is 0 Å². The van der Waals surface area contributed by atoms with Crippen molar-refractivity contribution >= 4 is 0 Å². The second kappa shape index (κ2) is 12.7. The zero-order valence-electron chi connectivity index (χ0n) is 17.4. The molecule has 3 N–H and O–H groups in total. The normalized spacial score (nSPS) is 15.5. The zero-order chi connectivity index (χ0) is 21.9. The molecule has 2 rings (SSSR count). The predicted octanol–water partition coefficient (Wildman–Crippen LogP) is 3.07. The van der Waals surface area contributed by atoms with Crippen molar-refractivity contribution in [3.05, 3.63) is 70.8 Å². The maximum atomic E-state index is 10.2. The van der Waals surface area contributed by atoms with Crippen molar-refractivity contribution in [3.63, 3.8) is 0 Å². The minimum Gasteiger partial charge on any atom is -0.364 e. The molecule has 0 radical (unpaired) electrons. The molecule has 0 spiro atoms. The molecule has 8 heteroatoms. The first-order chi connectivity index (χ1) is 14.5. The van der Waals surface area contributed by atoms with Gasteiger partial charge in [-0.2, -0.15) is 0 Å². The number of aliphatic hydroxyl groups excluding tert-OH is 3. The van der Waals surface area contributed by atoms with Gasteiger partial charge in [-0.15, -0.1) is 0 Å². The van der Waals surface area contributed by atoms with Crippen LogP contribution in [0.2, 0.25) is 0 Å². The quantitative estimate of drug-likeness (QED) is 0.423. The first kappa shape index (κ1) is 24.4. The van der Waals surface area contributed by atoms with E-state index >= 15 is 0 Å². The fourth-order valence-electron chi connectivity index (χ4n) is 2.69. The van der Waals surface area contributed by atoms with Crippen LogP contribution in [0.15, 0.2) is 48.5 Å². The van der Waals surface area contributed by atoms with Crippen molar-refractivity contribution in [3.8, 4) is 0 Å². The third kappa shape index (κ3) is 7.12. The van der Waals surface area contributed by atoms with E-state index in [0.29, 0.717) is 29.9 Å². The van der Waals surface area contributed by atoms with Gasteiger partial charge in [-0.1, -0.05) is 48.5 Å². The standard InChI is InChI=1S/C22H30O8/c1-4-27-20(24)16-10-12-18(13-11-16)22(28-5-2)30-14-29-21(25)17-8-6-15(7-9-17)19(23)26-3/h6-13,19-25H,4-5,14H2,1-3H3. The van der Waals surface area contributed by atoms with E-state index in [0.717, 1.165) is 5.56 Å². The highest BCUT2D eigenvalue weighted by Crippen LogP contribution is 2.24. The summed E-state index contributed by atoms with van der Waals surface area (Å²) in [6, 6.07) is 13.5. The van der Waals surface area contributed by atoms with Gasteiger partial charge in [0, 0.05) is 42.6 Å². The first-order valence-electron chi connectivity index (χ1n) is 9.73. The highest BCUT2D eigenvalue weighted by Gasteiger charge is 2.16. The number of methoxy groups -OCH3 is 1. The highest BCUT2D eigenvalue weighted by molar-refractivity contribution is 5.25. The topological polar surface area (TPSA) is 107 Å². The van der Waals surface area contributed by atoms with E-state index in [1.165, 1.54) is 7.11 Å². The van der Waals surface area contributed by atoms with Gasteiger partial charge in [0.15, 0.2) is 32.0 Å². The molecule has 0 heterocycles. The van der Waals surface area contributed by atoms with Crippen LogP contribution < -0.4 is 0 Å². The van der Waals surface area contributed by atoms with E-state index in [-0.39, 0.29) is 6.79 Å². The Labute approximate surface area is 176 Å². The third-order valence-electron chi connectivity index (χ3n) is 4.31. The van der Waals surface area contributed by atoms with Gasteiger partial charge in [0.1, 0.15) is 0 Å². The molecular weight excluding hydrogens is 392 g/mol. The van der Waals surface area contributed by atoms with Crippen LogP contribution >= 0.6 is 0 Å². The average Bonchev–Trinajstić information content (AvgIpc) is 2.78. The molecule has 4 unspecified atom stereocenters. The first-order valence-corrected chi connectivity index (χ1v) is 9.73. The van der Waals surface area contributed by atoms with E-state index in [1.807, 2.05) is 13.8 Å². The number of rotatable bonds is 13. The molecule has 0 aromatic heterocycles.